The number of likely N-dealkylation sites (N-methyl/N-ethyl adjacent to an activating group) is 1. The van der Waals surface area contributed by atoms with Crippen molar-refractivity contribution in [3.63, 3.8) is 0 Å². The van der Waals surface area contributed by atoms with E-state index in [0.717, 1.165) is 5.56 Å². The van der Waals surface area contributed by atoms with Crippen LogP contribution in [0, 0.1) is 6.92 Å². The number of hydrogen-bond donors (Lipinski definition) is 2. The third kappa shape index (κ3) is 5.67. The van der Waals surface area contributed by atoms with Gasteiger partial charge in [0.05, 0.1) is 25.3 Å². The zero-order valence-electron chi connectivity index (χ0n) is 15.4. The van der Waals surface area contributed by atoms with Crippen LogP contribution in [0.15, 0.2) is 18.2 Å². The number of anilines is 1. The van der Waals surface area contributed by atoms with Crippen molar-refractivity contribution in [3.05, 3.63) is 28.8 Å². The monoisotopic (exact) mass is 383 g/mol. The van der Waals surface area contributed by atoms with Crippen molar-refractivity contribution < 1.29 is 19.4 Å². The van der Waals surface area contributed by atoms with Gasteiger partial charge in [-0.05, 0) is 38.6 Å². The summed E-state index contributed by atoms with van der Waals surface area (Å²) in [5.74, 6) is -0.972. The molecule has 0 spiro atoms. The molecule has 1 saturated heterocycles. The number of carboxylic acids is 1. The van der Waals surface area contributed by atoms with Crippen molar-refractivity contribution in [1.29, 1.82) is 0 Å². The number of hydrogen-bond acceptors (Lipinski definition) is 5. The number of benzene rings is 1. The Bertz CT molecular complexity index is 655. The van der Waals surface area contributed by atoms with Crippen molar-refractivity contribution in [2.24, 2.45) is 0 Å². The van der Waals surface area contributed by atoms with Crippen LogP contribution in [0.5, 0.6) is 0 Å². The lowest BCUT2D eigenvalue weighted by atomic mass is 10.1. The molecule has 2 N–H and O–H groups in total. The van der Waals surface area contributed by atoms with Crippen molar-refractivity contribution in [2.45, 2.75) is 26.0 Å². The lowest BCUT2D eigenvalue weighted by Gasteiger charge is -2.37. The molecule has 8 heteroatoms. The molecule has 2 rings (SSSR count). The van der Waals surface area contributed by atoms with Gasteiger partial charge in [0.1, 0.15) is 0 Å². The highest BCUT2D eigenvalue weighted by Gasteiger charge is 2.29. The molecular formula is C18H26ClN3O4. The van der Waals surface area contributed by atoms with Crippen molar-refractivity contribution in [2.75, 3.05) is 45.2 Å². The number of rotatable bonds is 7. The third-order valence-corrected chi connectivity index (χ3v) is 4.95. The van der Waals surface area contributed by atoms with E-state index >= 15 is 0 Å². The Hall–Kier alpha value is -1.67. The molecule has 0 bridgehead atoms. The van der Waals surface area contributed by atoms with Gasteiger partial charge in [-0.25, -0.2) is 0 Å². The Labute approximate surface area is 158 Å². The van der Waals surface area contributed by atoms with E-state index in [1.54, 1.807) is 24.1 Å². The van der Waals surface area contributed by atoms with Crippen LogP contribution in [-0.4, -0.2) is 78.8 Å². The van der Waals surface area contributed by atoms with E-state index in [-0.39, 0.29) is 24.6 Å². The molecule has 1 amide bonds. The zero-order chi connectivity index (χ0) is 19.3. The van der Waals surface area contributed by atoms with Gasteiger partial charge in [-0.3, -0.25) is 19.4 Å². The molecule has 144 valence electrons. The summed E-state index contributed by atoms with van der Waals surface area (Å²) in [5, 5.41) is 12.4. The molecule has 1 aliphatic rings. The van der Waals surface area contributed by atoms with Gasteiger partial charge >= 0.3 is 5.97 Å². The number of nitrogens with one attached hydrogen (secondary N) is 1. The number of halogens is 1. The molecule has 0 aliphatic carbocycles. The summed E-state index contributed by atoms with van der Waals surface area (Å²) in [6.45, 7) is 5.94. The first-order valence-corrected chi connectivity index (χ1v) is 8.97. The molecule has 2 atom stereocenters. The standard InChI is InChI=1S/C18H26ClN3O4/c1-12-15(19)5-4-6-16(12)20-18(25)13(2)22-7-8-26-14(10-22)9-21(3)11-17(23)24/h4-6,13-14H,7-11H2,1-3H3,(H,20,25)(H,23,24). The van der Waals surface area contributed by atoms with Gasteiger partial charge in [0.2, 0.25) is 5.91 Å². The quantitative estimate of drug-likeness (QED) is 0.745. The molecule has 0 aromatic heterocycles. The molecule has 2 unspecified atom stereocenters. The number of ether oxygens (including phenoxy) is 1. The van der Waals surface area contributed by atoms with Crippen LogP contribution in [0.25, 0.3) is 0 Å². The van der Waals surface area contributed by atoms with E-state index in [4.69, 9.17) is 21.4 Å². The number of carbonyl (C=O) groups excluding carboxylic acids is 1. The fourth-order valence-corrected chi connectivity index (χ4v) is 3.17. The minimum Gasteiger partial charge on any atom is -0.480 e. The lowest BCUT2D eigenvalue weighted by Crippen LogP contribution is -2.53. The fraction of sp³-hybridized carbons (Fsp3) is 0.556. The SMILES string of the molecule is Cc1c(Cl)cccc1NC(=O)C(C)N1CCOC(CN(C)CC(=O)O)C1. The molecule has 7 nitrogen and oxygen atoms in total. The third-order valence-electron chi connectivity index (χ3n) is 4.54. The average molecular weight is 384 g/mol. The van der Waals surface area contributed by atoms with Gasteiger partial charge in [0.25, 0.3) is 0 Å². The van der Waals surface area contributed by atoms with Crippen LogP contribution >= 0.6 is 11.6 Å². The van der Waals surface area contributed by atoms with Crippen LogP contribution in [0.3, 0.4) is 0 Å². The predicted molar refractivity (Wildman–Crippen MR) is 101 cm³/mol. The van der Waals surface area contributed by atoms with Gasteiger partial charge in [-0.2, -0.15) is 0 Å². The molecule has 1 fully saturated rings. The molecule has 1 aromatic rings. The van der Waals surface area contributed by atoms with E-state index in [1.807, 2.05) is 19.9 Å². The van der Waals surface area contributed by atoms with Gasteiger partial charge in [0, 0.05) is 30.3 Å². The summed E-state index contributed by atoms with van der Waals surface area (Å²) in [7, 11) is 1.74. The number of aliphatic carboxylic acids is 1. The lowest BCUT2D eigenvalue weighted by molar-refractivity contribution is -0.138. The summed E-state index contributed by atoms with van der Waals surface area (Å²) < 4.78 is 5.72. The molecule has 0 radical (unpaired) electrons. The van der Waals surface area contributed by atoms with Crippen molar-refractivity contribution >= 4 is 29.2 Å². The molecular weight excluding hydrogens is 358 g/mol. The Kier molecular flexibility index (Phi) is 7.40. The maximum absolute atomic E-state index is 12.6. The van der Waals surface area contributed by atoms with Crippen molar-refractivity contribution in [3.8, 4) is 0 Å². The highest BCUT2D eigenvalue weighted by Crippen LogP contribution is 2.23. The molecule has 1 heterocycles. The minimum atomic E-state index is -0.871. The number of nitrogens with zero attached hydrogens (tertiary/aromatic N) is 2. The Morgan fingerprint density at radius 1 is 1.50 bits per heavy atom. The highest BCUT2D eigenvalue weighted by atomic mass is 35.5. The number of carbonyl (C=O) groups is 2. The molecule has 0 saturated carbocycles. The van der Waals surface area contributed by atoms with E-state index in [1.165, 1.54) is 0 Å². The van der Waals surface area contributed by atoms with Crippen LogP contribution in [0.1, 0.15) is 12.5 Å². The smallest absolute Gasteiger partial charge is 0.317 e. The largest absolute Gasteiger partial charge is 0.480 e. The van der Waals surface area contributed by atoms with Crippen LogP contribution < -0.4 is 5.32 Å². The summed E-state index contributed by atoms with van der Waals surface area (Å²) >= 11 is 6.10. The number of amides is 1. The second kappa shape index (κ2) is 9.32. The second-order valence-corrected chi connectivity index (χ2v) is 7.06. The maximum atomic E-state index is 12.6. The van der Waals surface area contributed by atoms with E-state index in [2.05, 4.69) is 10.2 Å². The highest BCUT2D eigenvalue weighted by molar-refractivity contribution is 6.31. The summed E-state index contributed by atoms with van der Waals surface area (Å²) in [5.41, 5.74) is 1.55. The van der Waals surface area contributed by atoms with Gasteiger partial charge in [0.15, 0.2) is 0 Å². The van der Waals surface area contributed by atoms with E-state index < -0.39 is 5.97 Å². The molecule has 1 aliphatic heterocycles. The second-order valence-electron chi connectivity index (χ2n) is 6.66. The van der Waals surface area contributed by atoms with Crippen LogP contribution in [0.4, 0.5) is 5.69 Å². The summed E-state index contributed by atoms with van der Waals surface area (Å²) in [6, 6.07) is 5.09. The molecule has 1 aromatic carbocycles. The van der Waals surface area contributed by atoms with Crippen LogP contribution in [0.2, 0.25) is 5.02 Å². The minimum absolute atomic E-state index is 0.0378. The Morgan fingerprint density at radius 3 is 2.92 bits per heavy atom. The molecule has 26 heavy (non-hydrogen) atoms. The fourth-order valence-electron chi connectivity index (χ4n) is 2.99. The topological polar surface area (TPSA) is 82.1 Å². The van der Waals surface area contributed by atoms with Gasteiger partial charge < -0.3 is 15.2 Å². The summed E-state index contributed by atoms with van der Waals surface area (Å²) in [4.78, 5) is 27.2. The van der Waals surface area contributed by atoms with Crippen LogP contribution in [-0.2, 0) is 14.3 Å². The first kappa shape index (κ1) is 20.6. The predicted octanol–water partition coefficient (Wildman–Crippen LogP) is 1.69. The average Bonchev–Trinajstić information content (AvgIpc) is 2.57. The van der Waals surface area contributed by atoms with Gasteiger partial charge in [-0.15, -0.1) is 0 Å². The normalized spacial score (nSPS) is 19.3. The number of carboxylic acid groups (broad SMARTS) is 1. The first-order chi connectivity index (χ1) is 12.3. The number of morpholine rings is 1. The van der Waals surface area contributed by atoms with Crippen molar-refractivity contribution in [1.82, 2.24) is 9.80 Å². The Balaban J connectivity index is 1.93. The van der Waals surface area contributed by atoms with Gasteiger partial charge in [-0.1, -0.05) is 17.7 Å². The maximum Gasteiger partial charge on any atom is 0.317 e. The summed E-state index contributed by atoms with van der Waals surface area (Å²) in [6.07, 6.45) is -0.128. The van der Waals surface area contributed by atoms with E-state index in [9.17, 15) is 9.59 Å². The van der Waals surface area contributed by atoms with E-state index in [0.29, 0.717) is 37.0 Å². The Morgan fingerprint density at radius 2 is 2.23 bits per heavy atom. The zero-order valence-corrected chi connectivity index (χ0v) is 16.1. The first-order valence-electron chi connectivity index (χ1n) is 8.60.